The summed E-state index contributed by atoms with van der Waals surface area (Å²) >= 11 is 1.52. The molecule has 0 bridgehead atoms. The summed E-state index contributed by atoms with van der Waals surface area (Å²) in [6.45, 7) is 15.4. The van der Waals surface area contributed by atoms with Crippen LogP contribution in [-0.4, -0.2) is 62.1 Å². The van der Waals surface area contributed by atoms with Crippen molar-refractivity contribution in [1.82, 2.24) is 29.4 Å². The lowest BCUT2D eigenvalue weighted by Gasteiger charge is -2.34. The first-order valence-corrected chi connectivity index (χ1v) is 12.9. The SMILES string of the molecule is CCN1CCN(c2cccc(Nc3ncc(F)c(-c4sc5c(nc(C)n5C(C)C)c4C)n3)n2)CC1. The van der Waals surface area contributed by atoms with E-state index in [1.807, 2.05) is 32.0 Å². The molecular weight excluding hydrogens is 463 g/mol. The molecule has 0 amide bonds. The molecule has 1 fully saturated rings. The van der Waals surface area contributed by atoms with E-state index in [-0.39, 0.29) is 11.7 Å². The van der Waals surface area contributed by atoms with E-state index >= 15 is 0 Å². The molecule has 4 aromatic rings. The lowest BCUT2D eigenvalue weighted by atomic mass is 10.2. The largest absolute Gasteiger partial charge is 0.354 e. The maximum Gasteiger partial charge on any atom is 0.229 e. The molecule has 1 aliphatic heterocycles. The van der Waals surface area contributed by atoms with Gasteiger partial charge in [0.2, 0.25) is 5.95 Å². The number of halogens is 1. The van der Waals surface area contributed by atoms with Gasteiger partial charge >= 0.3 is 0 Å². The van der Waals surface area contributed by atoms with Crippen LogP contribution in [-0.2, 0) is 0 Å². The lowest BCUT2D eigenvalue weighted by molar-refractivity contribution is 0.270. The highest BCUT2D eigenvalue weighted by Crippen LogP contribution is 2.39. The van der Waals surface area contributed by atoms with E-state index in [4.69, 9.17) is 9.97 Å². The van der Waals surface area contributed by atoms with Gasteiger partial charge in [-0.1, -0.05) is 13.0 Å². The number of aryl methyl sites for hydroxylation is 2. The number of nitrogens with zero attached hydrogens (tertiary/aromatic N) is 7. The molecule has 35 heavy (non-hydrogen) atoms. The summed E-state index contributed by atoms with van der Waals surface area (Å²) in [5.74, 6) is 2.37. The minimum atomic E-state index is -0.453. The molecule has 10 heteroatoms. The zero-order chi connectivity index (χ0) is 24.7. The summed E-state index contributed by atoms with van der Waals surface area (Å²) in [5.41, 5.74) is 2.12. The predicted octanol–water partition coefficient (Wildman–Crippen LogP) is 5.17. The van der Waals surface area contributed by atoms with Gasteiger partial charge in [0.25, 0.3) is 0 Å². The maximum absolute atomic E-state index is 14.9. The molecule has 1 saturated heterocycles. The van der Waals surface area contributed by atoms with Crippen molar-refractivity contribution in [2.24, 2.45) is 0 Å². The summed E-state index contributed by atoms with van der Waals surface area (Å²) in [4.78, 5) is 24.8. The fraction of sp³-hybridized carbons (Fsp3) is 0.440. The molecule has 184 valence electrons. The third kappa shape index (κ3) is 4.48. The first kappa shape index (κ1) is 23.6. The third-order valence-electron chi connectivity index (χ3n) is 6.53. The van der Waals surface area contributed by atoms with Crippen molar-refractivity contribution in [1.29, 1.82) is 0 Å². The fourth-order valence-corrected chi connectivity index (χ4v) is 6.06. The molecule has 0 aliphatic carbocycles. The number of thiophene rings is 1. The summed E-state index contributed by atoms with van der Waals surface area (Å²) in [5, 5.41) is 3.17. The van der Waals surface area contributed by atoms with Gasteiger partial charge in [0.05, 0.1) is 11.1 Å². The Bertz CT molecular complexity index is 1350. The second-order valence-corrected chi connectivity index (χ2v) is 10.1. The van der Waals surface area contributed by atoms with Crippen LogP contribution in [0.2, 0.25) is 0 Å². The molecule has 0 saturated carbocycles. The Morgan fingerprint density at radius 3 is 2.57 bits per heavy atom. The molecule has 1 N–H and O–H groups in total. The summed E-state index contributed by atoms with van der Waals surface area (Å²) in [6, 6.07) is 6.13. The Balaban J connectivity index is 1.43. The van der Waals surface area contributed by atoms with E-state index in [0.717, 1.165) is 65.2 Å². The van der Waals surface area contributed by atoms with E-state index in [9.17, 15) is 4.39 Å². The minimum absolute atomic E-state index is 0.265. The molecule has 4 aromatic heterocycles. The Hall–Kier alpha value is -3.11. The van der Waals surface area contributed by atoms with Crippen molar-refractivity contribution in [3.8, 4) is 10.6 Å². The monoisotopic (exact) mass is 494 g/mol. The number of imidazole rings is 1. The van der Waals surface area contributed by atoms with Gasteiger partial charge in [-0.3, -0.25) is 0 Å². The van der Waals surface area contributed by atoms with Crippen molar-refractivity contribution in [2.75, 3.05) is 42.9 Å². The predicted molar refractivity (Wildman–Crippen MR) is 140 cm³/mol. The van der Waals surface area contributed by atoms with Gasteiger partial charge in [-0.2, -0.15) is 0 Å². The first-order chi connectivity index (χ1) is 16.9. The minimum Gasteiger partial charge on any atom is -0.354 e. The highest BCUT2D eigenvalue weighted by atomic mass is 32.1. The summed E-state index contributed by atoms with van der Waals surface area (Å²) in [7, 11) is 0. The quantitative estimate of drug-likeness (QED) is 0.396. The normalized spacial score (nSPS) is 14.9. The van der Waals surface area contributed by atoms with E-state index < -0.39 is 5.82 Å². The second-order valence-electron chi connectivity index (χ2n) is 9.15. The molecule has 8 nitrogen and oxygen atoms in total. The number of fused-ring (bicyclic) bond motifs is 1. The molecule has 5 heterocycles. The van der Waals surface area contributed by atoms with Gasteiger partial charge in [0.1, 0.15) is 33.5 Å². The lowest BCUT2D eigenvalue weighted by Crippen LogP contribution is -2.46. The summed E-state index contributed by atoms with van der Waals surface area (Å²) in [6.07, 6.45) is 1.22. The molecule has 1 aliphatic rings. The van der Waals surface area contributed by atoms with E-state index in [0.29, 0.717) is 11.8 Å². The number of rotatable bonds is 6. The molecule has 0 spiro atoms. The number of hydrogen-bond acceptors (Lipinski definition) is 8. The van der Waals surface area contributed by atoms with Gasteiger partial charge in [0, 0.05) is 32.2 Å². The van der Waals surface area contributed by atoms with Crippen LogP contribution in [0.5, 0.6) is 0 Å². The molecule has 0 radical (unpaired) electrons. The first-order valence-electron chi connectivity index (χ1n) is 12.1. The number of anilines is 3. The highest BCUT2D eigenvalue weighted by molar-refractivity contribution is 7.22. The van der Waals surface area contributed by atoms with Crippen LogP contribution in [0.1, 0.15) is 38.2 Å². The Morgan fingerprint density at radius 2 is 1.86 bits per heavy atom. The smallest absolute Gasteiger partial charge is 0.229 e. The van der Waals surface area contributed by atoms with E-state index in [1.165, 1.54) is 17.5 Å². The summed E-state index contributed by atoms with van der Waals surface area (Å²) < 4.78 is 17.1. The number of aromatic nitrogens is 5. The van der Waals surface area contributed by atoms with E-state index in [1.54, 1.807) is 0 Å². The van der Waals surface area contributed by atoms with Crippen molar-refractivity contribution in [3.05, 3.63) is 41.6 Å². The average Bonchev–Trinajstić information content (AvgIpc) is 3.34. The topological polar surface area (TPSA) is 75.0 Å². The van der Waals surface area contributed by atoms with Crippen LogP contribution in [0.15, 0.2) is 24.4 Å². The van der Waals surface area contributed by atoms with Crippen LogP contribution in [0, 0.1) is 19.7 Å². The van der Waals surface area contributed by atoms with Crippen molar-refractivity contribution in [3.63, 3.8) is 0 Å². The van der Waals surface area contributed by atoms with Crippen molar-refractivity contribution >= 4 is 39.3 Å². The molecule has 0 aromatic carbocycles. The molecular formula is C25H31FN8S. The number of hydrogen-bond donors (Lipinski definition) is 1. The zero-order valence-corrected chi connectivity index (χ0v) is 21.7. The van der Waals surface area contributed by atoms with Crippen LogP contribution in [0.4, 0.5) is 22.0 Å². The van der Waals surface area contributed by atoms with Crippen molar-refractivity contribution in [2.45, 2.75) is 40.7 Å². The number of pyridine rings is 1. The molecule has 5 rings (SSSR count). The molecule has 0 atom stereocenters. The van der Waals surface area contributed by atoms with Gasteiger partial charge in [-0.25, -0.2) is 24.3 Å². The Morgan fingerprint density at radius 1 is 1.09 bits per heavy atom. The number of likely N-dealkylation sites (N-methyl/N-ethyl adjacent to an activating group) is 1. The average molecular weight is 495 g/mol. The maximum atomic E-state index is 14.9. The number of nitrogens with one attached hydrogen (secondary N) is 1. The standard InChI is InChI=1S/C25H31FN8S/c1-6-32-10-12-33(13-11-32)20-9-7-8-19(29-20)30-25-27-14-18(26)22(31-25)23-16(4)21-24(35-23)34(15(2)3)17(5)28-21/h7-9,14-15H,6,10-13H2,1-5H3,(H,27,29,30,31). The molecule has 0 unspecified atom stereocenters. The van der Waals surface area contributed by atoms with Crippen LogP contribution in [0.3, 0.4) is 0 Å². The van der Waals surface area contributed by atoms with Gasteiger partial charge in [-0.05, 0) is 51.9 Å². The van der Waals surface area contributed by atoms with Gasteiger partial charge < -0.3 is 19.7 Å². The zero-order valence-electron chi connectivity index (χ0n) is 20.8. The Labute approximate surface area is 208 Å². The van der Waals surface area contributed by atoms with Crippen LogP contribution >= 0.6 is 11.3 Å². The van der Waals surface area contributed by atoms with Crippen LogP contribution < -0.4 is 10.2 Å². The Kier molecular flexibility index (Phi) is 6.41. The second kappa shape index (κ2) is 9.50. The third-order valence-corrected chi connectivity index (χ3v) is 7.82. The van der Waals surface area contributed by atoms with E-state index in [2.05, 4.69) is 50.4 Å². The number of piperazine rings is 1. The fourth-order valence-electron chi connectivity index (χ4n) is 4.64. The van der Waals surface area contributed by atoms with Gasteiger partial charge in [-0.15, -0.1) is 11.3 Å². The van der Waals surface area contributed by atoms with Crippen molar-refractivity contribution < 1.29 is 4.39 Å². The highest BCUT2D eigenvalue weighted by Gasteiger charge is 2.22. The van der Waals surface area contributed by atoms with Gasteiger partial charge in [0.15, 0.2) is 5.82 Å². The van der Waals surface area contributed by atoms with Crippen LogP contribution in [0.25, 0.3) is 20.9 Å².